The summed E-state index contributed by atoms with van der Waals surface area (Å²) in [7, 11) is 3.35. The van der Waals surface area contributed by atoms with Gasteiger partial charge in [0.25, 0.3) is 11.5 Å². The number of nitrogens with one attached hydrogen (secondary N) is 1. The molecule has 6 nitrogen and oxygen atoms in total. The van der Waals surface area contributed by atoms with Crippen LogP contribution < -0.4 is 10.9 Å². The Morgan fingerprint density at radius 3 is 2.56 bits per heavy atom. The second-order valence-electron chi connectivity index (χ2n) is 7.10. The number of hydrogen-bond donors (Lipinski definition) is 1. The molecule has 0 unspecified atom stereocenters. The fraction of sp³-hybridized carbons (Fsp3) is 0.286. The van der Waals surface area contributed by atoms with E-state index in [-0.39, 0.29) is 11.5 Å². The van der Waals surface area contributed by atoms with Crippen molar-refractivity contribution in [3.63, 3.8) is 0 Å². The third-order valence-corrected chi connectivity index (χ3v) is 5.00. The smallest absolute Gasteiger partial charge is 0.251 e. The first-order valence-corrected chi connectivity index (χ1v) is 9.11. The summed E-state index contributed by atoms with van der Waals surface area (Å²) in [5, 5.41) is 7.10. The number of aromatic nitrogens is 3. The van der Waals surface area contributed by atoms with E-state index < -0.39 is 0 Å². The number of hydrogen-bond acceptors (Lipinski definition) is 3. The summed E-state index contributed by atoms with van der Waals surface area (Å²) in [6, 6.07) is 8.93. The van der Waals surface area contributed by atoms with Crippen molar-refractivity contribution in [3.8, 4) is 22.3 Å². The van der Waals surface area contributed by atoms with Crippen LogP contribution in [0.15, 0.2) is 53.7 Å². The van der Waals surface area contributed by atoms with Crippen molar-refractivity contribution in [2.45, 2.75) is 19.4 Å². The maximum absolute atomic E-state index is 12.3. The van der Waals surface area contributed by atoms with Gasteiger partial charge in [0.05, 0.1) is 6.20 Å². The molecule has 0 aliphatic heterocycles. The van der Waals surface area contributed by atoms with Crippen molar-refractivity contribution in [2.75, 3.05) is 7.05 Å². The summed E-state index contributed by atoms with van der Waals surface area (Å²) in [5.41, 5.74) is 4.18. The number of pyridine rings is 1. The molecule has 6 heteroatoms. The largest absolute Gasteiger partial charge is 0.355 e. The van der Waals surface area contributed by atoms with Crippen molar-refractivity contribution < 1.29 is 4.79 Å². The number of carbonyl (C=O) groups excluding carboxylic acids is 1. The Kier molecular flexibility index (Phi) is 4.39. The van der Waals surface area contributed by atoms with Gasteiger partial charge in [0.15, 0.2) is 0 Å². The molecular weight excluding hydrogens is 340 g/mol. The first-order chi connectivity index (χ1) is 13.0. The number of nitrogens with zero attached hydrogens (tertiary/aromatic N) is 3. The third-order valence-electron chi connectivity index (χ3n) is 5.00. The number of aryl methyl sites for hydroxylation is 1. The predicted molar refractivity (Wildman–Crippen MR) is 104 cm³/mol. The molecule has 0 atom stereocenters. The van der Waals surface area contributed by atoms with Crippen LogP contribution in [0.25, 0.3) is 22.3 Å². The van der Waals surface area contributed by atoms with Crippen LogP contribution in [0.1, 0.15) is 23.2 Å². The van der Waals surface area contributed by atoms with E-state index in [2.05, 4.69) is 10.4 Å². The zero-order chi connectivity index (χ0) is 19.0. The van der Waals surface area contributed by atoms with Gasteiger partial charge in [0.1, 0.15) is 0 Å². The Bertz CT molecular complexity index is 1040. The van der Waals surface area contributed by atoms with Gasteiger partial charge in [0.2, 0.25) is 0 Å². The predicted octanol–water partition coefficient (Wildman–Crippen LogP) is 2.69. The van der Waals surface area contributed by atoms with E-state index in [1.165, 1.54) is 12.8 Å². The van der Waals surface area contributed by atoms with Crippen LogP contribution in [0, 0.1) is 5.92 Å². The zero-order valence-corrected chi connectivity index (χ0v) is 15.5. The molecule has 1 fully saturated rings. The van der Waals surface area contributed by atoms with E-state index in [1.807, 2.05) is 35.4 Å². The SMILES string of the molecule is CNC(=O)c1ccc(-c2cc(=O)n(C)cc2-c2cnn(CC3CC3)c2)cc1. The van der Waals surface area contributed by atoms with Crippen LogP contribution in [0.2, 0.25) is 0 Å². The molecule has 1 aliphatic rings. The van der Waals surface area contributed by atoms with Gasteiger partial charge in [-0.2, -0.15) is 5.10 Å². The maximum atomic E-state index is 12.3. The molecule has 3 aromatic rings. The average Bonchev–Trinajstić information content (AvgIpc) is 3.38. The van der Waals surface area contributed by atoms with E-state index in [9.17, 15) is 9.59 Å². The highest BCUT2D eigenvalue weighted by molar-refractivity contribution is 5.94. The average molecular weight is 362 g/mol. The lowest BCUT2D eigenvalue weighted by Crippen LogP contribution is -2.17. The summed E-state index contributed by atoms with van der Waals surface area (Å²) in [6.07, 6.45) is 8.30. The Morgan fingerprint density at radius 1 is 1.15 bits per heavy atom. The Balaban J connectivity index is 1.75. The third kappa shape index (κ3) is 3.56. The quantitative estimate of drug-likeness (QED) is 0.759. The highest BCUT2D eigenvalue weighted by Crippen LogP contribution is 2.33. The first kappa shape index (κ1) is 17.3. The number of rotatable bonds is 5. The van der Waals surface area contributed by atoms with E-state index in [1.54, 1.807) is 36.9 Å². The molecule has 1 aliphatic carbocycles. The highest BCUT2D eigenvalue weighted by Gasteiger charge is 2.22. The van der Waals surface area contributed by atoms with Gasteiger partial charge in [-0.3, -0.25) is 14.3 Å². The van der Waals surface area contributed by atoms with Gasteiger partial charge in [0, 0.05) is 55.8 Å². The van der Waals surface area contributed by atoms with Crippen molar-refractivity contribution >= 4 is 5.91 Å². The molecule has 4 rings (SSSR count). The molecule has 0 saturated heterocycles. The van der Waals surface area contributed by atoms with E-state index in [4.69, 9.17) is 0 Å². The fourth-order valence-corrected chi connectivity index (χ4v) is 3.21. The Hall–Kier alpha value is -3.15. The molecule has 2 aromatic heterocycles. The van der Waals surface area contributed by atoms with Gasteiger partial charge in [-0.15, -0.1) is 0 Å². The van der Waals surface area contributed by atoms with Gasteiger partial charge in [-0.1, -0.05) is 12.1 Å². The standard InChI is InChI=1S/C21H22N4O2/c1-22-21(27)16-7-5-15(6-8-16)18-9-20(26)24(2)13-19(18)17-10-23-25(12-17)11-14-3-4-14/h5-10,12-14H,3-4,11H2,1-2H3,(H,22,27). The van der Waals surface area contributed by atoms with Crippen LogP contribution >= 0.6 is 0 Å². The Labute approximate surface area is 157 Å². The van der Waals surface area contributed by atoms with Crippen molar-refractivity contribution in [1.82, 2.24) is 19.7 Å². The minimum Gasteiger partial charge on any atom is -0.355 e. The van der Waals surface area contributed by atoms with Gasteiger partial charge < -0.3 is 9.88 Å². The summed E-state index contributed by atoms with van der Waals surface area (Å²) >= 11 is 0. The monoisotopic (exact) mass is 362 g/mol. The second-order valence-corrected chi connectivity index (χ2v) is 7.10. The van der Waals surface area contributed by atoms with Crippen molar-refractivity contribution in [2.24, 2.45) is 13.0 Å². The molecule has 2 heterocycles. The van der Waals surface area contributed by atoms with Crippen LogP contribution in [0.3, 0.4) is 0 Å². The minimum absolute atomic E-state index is 0.0745. The van der Waals surface area contributed by atoms with E-state index in [0.29, 0.717) is 5.56 Å². The summed E-state index contributed by atoms with van der Waals surface area (Å²) in [6.45, 7) is 0.946. The van der Waals surface area contributed by atoms with E-state index in [0.717, 1.165) is 34.7 Å². The van der Waals surface area contributed by atoms with Crippen LogP contribution in [0.4, 0.5) is 0 Å². The summed E-state index contributed by atoms with van der Waals surface area (Å²) in [5.74, 6) is 0.613. The lowest BCUT2D eigenvalue weighted by atomic mass is 9.97. The molecule has 138 valence electrons. The van der Waals surface area contributed by atoms with Gasteiger partial charge in [-0.05, 0) is 42.0 Å². The molecule has 1 amide bonds. The lowest BCUT2D eigenvalue weighted by Gasteiger charge is -2.11. The lowest BCUT2D eigenvalue weighted by molar-refractivity contribution is 0.0963. The molecular formula is C21H22N4O2. The summed E-state index contributed by atoms with van der Waals surface area (Å²) in [4.78, 5) is 24.0. The molecule has 0 radical (unpaired) electrons. The second kappa shape index (κ2) is 6.87. The first-order valence-electron chi connectivity index (χ1n) is 9.11. The van der Waals surface area contributed by atoms with Crippen LogP contribution in [-0.2, 0) is 13.6 Å². The number of benzene rings is 1. The molecule has 27 heavy (non-hydrogen) atoms. The number of amides is 1. The molecule has 0 spiro atoms. The normalized spacial score (nSPS) is 13.6. The van der Waals surface area contributed by atoms with Gasteiger partial charge in [-0.25, -0.2) is 0 Å². The highest BCUT2D eigenvalue weighted by atomic mass is 16.1. The molecule has 0 bridgehead atoms. The van der Waals surface area contributed by atoms with Crippen LogP contribution in [-0.4, -0.2) is 27.3 Å². The number of carbonyl (C=O) groups is 1. The molecule has 1 N–H and O–H groups in total. The minimum atomic E-state index is -0.132. The molecule has 1 saturated carbocycles. The summed E-state index contributed by atoms with van der Waals surface area (Å²) < 4.78 is 3.56. The topological polar surface area (TPSA) is 68.9 Å². The fourth-order valence-electron chi connectivity index (χ4n) is 3.21. The van der Waals surface area contributed by atoms with Crippen LogP contribution in [0.5, 0.6) is 0 Å². The molecule has 1 aromatic carbocycles. The van der Waals surface area contributed by atoms with Gasteiger partial charge >= 0.3 is 0 Å². The maximum Gasteiger partial charge on any atom is 0.251 e. The Morgan fingerprint density at radius 2 is 1.89 bits per heavy atom. The van der Waals surface area contributed by atoms with Crippen molar-refractivity contribution in [3.05, 3.63) is 64.8 Å². The zero-order valence-electron chi connectivity index (χ0n) is 15.5. The van der Waals surface area contributed by atoms with Crippen molar-refractivity contribution in [1.29, 1.82) is 0 Å². The van der Waals surface area contributed by atoms with E-state index >= 15 is 0 Å².